The Balaban J connectivity index is 0.000000229. The van der Waals surface area contributed by atoms with E-state index in [0.29, 0.717) is 17.8 Å². The fourth-order valence-corrected chi connectivity index (χ4v) is 19.0. The molecular weight excluding hydrogens is 830 g/mol. The normalized spacial score (nSPS) is 17.1. The summed E-state index contributed by atoms with van der Waals surface area (Å²) in [4.78, 5) is 0. The molecule has 0 bridgehead atoms. The van der Waals surface area contributed by atoms with E-state index in [9.17, 15) is 0 Å². The minimum atomic E-state index is -2.06. The standard InChI is InChI=1S/C33H49P.C12H9N.ClH.Po/c1-23(2)26-21-30(24(3)4)33(31(22-26)25(5)6)29-19-13-14-20-32(29)34(27-15-9-7-10-16-27)28-17-11-8-12-18-28;13-12-9-5-4-8-11(12)10-6-2-1-3-7-10;;/h13-14,19-25,27-28H,7-12,15-18H2,1-6H3;1-6,8-9,13H;1H;/q;-1;;+2. The van der Waals surface area contributed by atoms with E-state index in [4.69, 9.17) is 8.45 Å². The zero-order valence-electron chi connectivity index (χ0n) is 30.8. The first-order valence-electron chi connectivity index (χ1n) is 19.2. The summed E-state index contributed by atoms with van der Waals surface area (Å²) in [5.74, 6) is 1.65. The van der Waals surface area contributed by atoms with Gasteiger partial charge in [-0.15, -0.1) is 0 Å². The Morgan fingerprint density at radius 1 is 0.592 bits per heavy atom. The number of halogens is 1. The fraction of sp³-hybridized carbons (Fsp3) is 0.467. The molecule has 3 aliphatic rings. The number of hydrogen-bond acceptors (Lipinski definition) is 1. The second kappa shape index (κ2) is 17.2. The zero-order valence-corrected chi connectivity index (χ0v) is 35.8. The van der Waals surface area contributed by atoms with E-state index in [1.165, 1.54) is 89.8 Å². The second-order valence-electron chi connectivity index (χ2n) is 15.6. The topological polar surface area (TPSA) is 12.0 Å². The number of anilines is 1. The van der Waals surface area contributed by atoms with Gasteiger partial charge in [0.05, 0.1) is 16.6 Å². The summed E-state index contributed by atoms with van der Waals surface area (Å²) in [5, 5.41) is 1.78. The van der Waals surface area contributed by atoms with Gasteiger partial charge in [-0.1, -0.05) is 84.7 Å². The maximum atomic E-state index is 6.46. The van der Waals surface area contributed by atoms with Crippen LogP contribution < -0.4 is 11.7 Å². The van der Waals surface area contributed by atoms with Crippen molar-refractivity contribution in [3.05, 3.63) is 102 Å². The molecule has 49 heavy (non-hydrogen) atoms. The van der Waals surface area contributed by atoms with E-state index in [0.717, 1.165) is 11.3 Å². The zero-order chi connectivity index (χ0) is 34.5. The molecule has 1 nitrogen and oxygen atoms in total. The van der Waals surface area contributed by atoms with Crippen molar-refractivity contribution < 1.29 is 0 Å². The Bertz CT molecular complexity index is 1640. The van der Waals surface area contributed by atoms with E-state index in [1.807, 2.05) is 6.07 Å². The van der Waals surface area contributed by atoms with Crippen molar-refractivity contribution in [2.75, 3.05) is 3.22 Å². The van der Waals surface area contributed by atoms with Gasteiger partial charge >= 0.3 is 101 Å². The van der Waals surface area contributed by atoms with Crippen LogP contribution in [0.3, 0.4) is 0 Å². The van der Waals surface area contributed by atoms with Crippen LogP contribution >= 0.6 is 16.4 Å². The van der Waals surface area contributed by atoms with E-state index >= 15 is 0 Å². The van der Waals surface area contributed by atoms with Crippen molar-refractivity contribution in [3.8, 4) is 22.3 Å². The Hall–Kier alpha value is -1.70. The molecule has 4 aromatic carbocycles. The van der Waals surface area contributed by atoms with Gasteiger partial charge in [0.2, 0.25) is 0 Å². The van der Waals surface area contributed by atoms with Gasteiger partial charge in [0.1, 0.15) is 0 Å². The van der Waals surface area contributed by atoms with Gasteiger partial charge in [-0.3, -0.25) is 0 Å². The van der Waals surface area contributed by atoms with Gasteiger partial charge in [0.15, 0.2) is 0 Å². The van der Waals surface area contributed by atoms with Gasteiger partial charge in [0, 0.05) is 13.5 Å². The molecule has 2 aliphatic carbocycles. The summed E-state index contributed by atoms with van der Waals surface area (Å²) in [6, 6.07) is 31.7. The molecule has 0 spiro atoms. The molecule has 0 saturated heterocycles. The van der Waals surface area contributed by atoms with E-state index < -0.39 is 29.1 Å². The molecule has 0 unspecified atom stereocenters. The van der Waals surface area contributed by atoms with Crippen LogP contribution in [0.2, 0.25) is 0 Å². The molecule has 1 radical (unpaired) electrons. The van der Waals surface area contributed by atoms with Crippen molar-refractivity contribution in [1.29, 1.82) is 0 Å². The minimum absolute atomic E-state index is 0.541. The van der Waals surface area contributed by atoms with Crippen LogP contribution in [-0.4, -0.2) is 32.5 Å². The van der Waals surface area contributed by atoms with E-state index in [1.54, 1.807) is 27.6 Å². The number of fused-ring (bicyclic) bond motifs is 3. The van der Waals surface area contributed by atoms with Gasteiger partial charge in [0.25, 0.3) is 0 Å². The fourth-order valence-electron chi connectivity index (χ4n) is 8.62. The molecule has 0 aromatic heterocycles. The number of benzene rings is 4. The third-order valence-electron chi connectivity index (χ3n) is 11.2. The molecule has 2 saturated carbocycles. The third kappa shape index (κ3) is 8.51. The number of rotatable bonds is 7. The molecule has 1 aliphatic heterocycles. The summed E-state index contributed by atoms with van der Waals surface area (Å²) >= 11 is -2.06. The maximum absolute atomic E-state index is 6.46. The van der Waals surface area contributed by atoms with Crippen LogP contribution in [0.1, 0.15) is 140 Å². The second-order valence-corrected chi connectivity index (χ2v) is 25.9. The van der Waals surface area contributed by atoms with Gasteiger partial charge in [-0.05, 0) is 97.4 Å². The Morgan fingerprint density at radius 3 is 1.63 bits per heavy atom. The molecule has 0 amide bonds. The van der Waals surface area contributed by atoms with Crippen LogP contribution in [0.4, 0.5) is 5.69 Å². The molecule has 7 rings (SSSR count). The summed E-state index contributed by atoms with van der Waals surface area (Å²) in [6.07, 6.45) is 14.7. The van der Waals surface area contributed by atoms with Crippen molar-refractivity contribution in [2.24, 2.45) is 0 Å². The van der Waals surface area contributed by atoms with Crippen molar-refractivity contribution >= 4 is 51.7 Å². The summed E-state index contributed by atoms with van der Waals surface area (Å²) < 4.78 is 4.82. The summed E-state index contributed by atoms with van der Waals surface area (Å²) in [6.45, 7) is 14.3. The first kappa shape index (κ1) is 37.1. The van der Waals surface area contributed by atoms with E-state index in [-0.39, 0.29) is 0 Å². The third-order valence-corrected chi connectivity index (χ3v) is 21.8. The first-order chi connectivity index (χ1) is 23.7. The van der Waals surface area contributed by atoms with Crippen molar-refractivity contribution in [1.82, 2.24) is 0 Å². The molecule has 0 atom stereocenters. The average molecular weight is 889 g/mol. The molecule has 2 fully saturated rings. The molecular formula is C45H59ClNPPo+. The van der Waals surface area contributed by atoms with Crippen LogP contribution in [-0.2, 0) is 0 Å². The van der Waals surface area contributed by atoms with Crippen LogP contribution in [0.5, 0.6) is 0 Å². The predicted octanol–water partition coefficient (Wildman–Crippen LogP) is 12.9. The van der Waals surface area contributed by atoms with Crippen LogP contribution in [0.25, 0.3) is 22.3 Å². The van der Waals surface area contributed by atoms with E-state index in [2.05, 4.69) is 124 Å². The summed E-state index contributed by atoms with van der Waals surface area (Å²) in [7, 11) is 5.85. The number of para-hydroxylation sites is 1. The monoisotopic (exact) mass is 888 g/mol. The van der Waals surface area contributed by atoms with Gasteiger partial charge in [-0.2, -0.15) is 0 Å². The Kier molecular flexibility index (Phi) is 13.0. The quantitative estimate of drug-likeness (QED) is 0.182. The number of hydrogen-bond donors (Lipinski definition) is 1. The molecule has 261 valence electrons. The molecule has 4 heteroatoms. The van der Waals surface area contributed by atoms with Crippen molar-refractivity contribution in [2.45, 2.75) is 135 Å². The van der Waals surface area contributed by atoms with Crippen LogP contribution in [0, 0.1) is 0 Å². The average Bonchev–Trinajstić information content (AvgIpc) is 3.13. The molecule has 1 heterocycles. The SMILES string of the molecule is CC(C)c1cc(C(C)C)c(-c2ccccc2[PH+](C2CCCCC2)C2CCCCC2)c(C(C)C)c1.[Cl][Po]1[NH]c2ccccc2-c2cccc[c]21. The number of nitrogens with one attached hydrogen (secondary N) is 1. The Morgan fingerprint density at radius 2 is 1.08 bits per heavy atom. The molecule has 1 N–H and O–H groups in total. The van der Waals surface area contributed by atoms with Crippen molar-refractivity contribution in [3.63, 3.8) is 0 Å². The summed E-state index contributed by atoms with van der Waals surface area (Å²) in [5.41, 5.74) is 13.6. The first-order valence-corrected chi connectivity index (χ1v) is 28.0. The molecule has 4 aromatic rings. The Labute approximate surface area is 311 Å². The van der Waals surface area contributed by atoms with Gasteiger partial charge < -0.3 is 0 Å². The van der Waals surface area contributed by atoms with Gasteiger partial charge in [-0.25, -0.2) is 0 Å². The van der Waals surface area contributed by atoms with Crippen LogP contribution in [0.15, 0.2) is 84.9 Å². The predicted molar refractivity (Wildman–Crippen MR) is 223 cm³/mol.